The fraction of sp³-hybridized carbons (Fsp3) is 0.174. The van der Waals surface area contributed by atoms with Crippen LogP contribution in [0.25, 0.3) is 12.2 Å². The van der Waals surface area contributed by atoms with Gasteiger partial charge in [0.15, 0.2) is 0 Å². The van der Waals surface area contributed by atoms with Gasteiger partial charge in [-0.1, -0.05) is 35.9 Å². The van der Waals surface area contributed by atoms with Crippen molar-refractivity contribution in [2.45, 2.75) is 20.4 Å². The highest BCUT2D eigenvalue weighted by atomic mass is 32.1. The first-order valence-electron chi connectivity index (χ1n) is 9.57. The monoisotopic (exact) mass is 440 g/mol. The summed E-state index contributed by atoms with van der Waals surface area (Å²) in [4.78, 5) is 37.4. The van der Waals surface area contributed by atoms with Crippen molar-refractivity contribution in [3.63, 3.8) is 0 Å². The molecule has 31 heavy (non-hydrogen) atoms. The van der Waals surface area contributed by atoms with Gasteiger partial charge < -0.3 is 10.1 Å². The quantitative estimate of drug-likeness (QED) is 0.596. The fourth-order valence-corrected chi connectivity index (χ4v) is 3.93. The summed E-state index contributed by atoms with van der Waals surface area (Å²) in [6, 6.07) is 13.1. The van der Waals surface area contributed by atoms with Gasteiger partial charge in [0.05, 0.1) is 17.2 Å². The molecule has 0 aliphatic heterocycles. The summed E-state index contributed by atoms with van der Waals surface area (Å²) >= 11 is 1.09. The lowest BCUT2D eigenvalue weighted by Crippen LogP contribution is -2.36. The molecule has 1 amide bonds. The van der Waals surface area contributed by atoms with Crippen LogP contribution in [0, 0.1) is 12.7 Å². The zero-order valence-corrected chi connectivity index (χ0v) is 17.9. The van der Waals surface area contributed by atoms with Gasteiger partial charge in [0.2, 0.25) is 5.91 Å². The van der Waals surface area contributed by atoms with E-state index in [1.54, 1.807) is 19.1 Å². The summed E-state index contributed by atoms with van der Waals surface area (Å²) in [5.74, 6) is -1.62. The Morgan fingerprint density at radius 2 is 1.97 bits per heavy atom. The molecule has 8 heteroatoms. The van der Waals surface area contributed by atoms with Crippen LogP contribution >= 0.6 is 11.3 Å². The van der Waals surface area contributed by atoms with Crippen LogP contribution in [0.1, 0.15) is 18.1 Å². The lowest BCUT2D eigenvalue weighted by atomic mass is 10.1. The van der Waals surface area contributed by atoms with Gasteiger partial charge in [0.25, 0.3) is 5.56 Å². The zero-order valence-electron chi connectivity index (χ0n) is 17.1. The number of nitrogens with zero attached hydrogens (tertiary/aromatic N) is 1. The number of aromatic nitrogens is 1. The molecular formula is C23H21FN2O4S. The second-order valence-electron chi connectivity index (χ2n) is 6.71. The molecule has 0 unspecified atom stereocenters. The van der Waals surface area contributed by atoms with Gasteiger partial charge in [-0.3, -0.25) is 14.2 Å². The summed E-state index contributed by atoms with van der Waals surface area (Å²) in [6.07, 6.45) is 2.90. The first-order valence-corrected chi connectivity index (χ1v) is 10.4. The van der Waals surface area contributed by atoms with Crippen molar-refractivity contribution in [1.29, 1.82) is 0 Å². The van der Waals surface area contributed by atoms with E-state index >= 15 is 0 Å². The Kier molecular flexibility index (Phi) is 7.15. The van der Waals surface area contributed by atoms with Gasteiger partial charge in [-0.2, -0.15) is 0 Å². The lowest BCUT2D eigenvalue weighted by Gasteiger charge is -2.06. The van der Waals surface area contributed by atoms with E-state index in [-0.39, 0.29) is 23.5 Å². The van der Waals surface area contributed by atoms with Crippen molar-refractivity contribution in [2.75, 3.05) is 11.9 Å². The smallest absolute Gasteiger partial charge is 0.333 e. The lowest BCUT2D eigenvalue weighted by molar-refractivity contribution is -0.135. The highest BCUT2D eigenvalue weighted by Gasteiger charge is 2.12. The molecular weight excluding hydrogens is 419 g/mol. The van der Waals surface area contributed by atoms with Crippen LogP contribution < -0.4 is 20.1 Å². The molecule has 1 heterocycles. The molecule has 1 N–H and O–H groups in total. The number of carbonyl (C=O) groups is 2. The van der Waals surface area contributed by atoms with Crippen LogP contribution in [0.5, 0.6) is 0 Å². The van der Waals surface area contributed by atoms with Gasteiger partial charge in [-0.25, -0.2) is 9.18 Å². The minimum atomic E-state index is -0.606. The van der Waals surface area contributed by atoms with Crippen LogP contribution in [-0.2, 0) is 20.9 Å². The van der Waals surface area contributed by atoms with Crippen molar-refractivity contribution in [3.05, 3.63) is 85.0 Å². The fourth-order valence-electron chi connectivity index (χ4n) is 2.90. The number of anilines is 1. The average Bonchev–Trinajstić information content (AvgIpc) is 2.97. The summed E-state index contributed by atoms with van der Waals surface area (Å²) in [5.41, 5.74) is 1.74. The number of ether oxygens (including phenoxy) is 1. The van der Waals surface area contributed by atoms with Gasteiger partial charge >= 0.3 is 5.97 Å². The number of aryl methyl sites for hydroxylation is 1. The number of thiazole rings is 1. The number of benzene rings is 2. The number of hydrogen-bond acceptors (Lipinski definition) is 5. The van der Waals surface area contributed by atoms with E-state index in [1.165, 1.54) is 28.8 Å². The first kappa shape index (κ1) is 22.2. The van der Waals surface area contributed by atoms with Gasteiger partial charge in [0, 0.05) is 5.69 Å². The number of rotatable bonds is 6. The van der Waals surface area contributed by atoms with Crippen LogP contribution in [0.15, 0.2) is 53.3 Å². The molecule has 0 aliphatic rings. The molecule has 0 spiro atoms. The third kappa shape index (κ3) is 5.99. The van der Waals surface area contributed by atoms with E-state index < -0.39 is 23.3 Å². The van der Waals surface area contributed by atoms with Crippen molar-refractivity contribution in [3.8, 4) is 0 Å². The number of esters is 1. The van der Waals surface area contributed by atoms with Crippen LogP contribution in [0.4, 0.5) is 10.1 Å². The van der Waals surface area contributed by atoms with E-state index in [9.17, 15) is 18.8 Å². The highest BCUT2D eigenvalue weighted by Crippen LogP contribution is 2.09. The summed E-state index contributed by atoms with van der Waals surface area (Å²) in [7, 11) is 0. The molecule has 0 fully saturated rings. The molecule has 2 aromatic carbocycles. The number of nitrogens with one attached hydrogen (secondary N) is 1. The maximum atomic E-state index is 13.4. The van der Waals surface area contributed by atoms with Crippen LogP contribution in [0.2, 0.25) is 0 Å². The molecule has 3 aromatic rings. The summed E-state index contributed by atoms with van der Waals surface area (Å²) in [6.45, 7) is 3.48. The van der Waals surface area contributed by atoms with Crippen molar-refractivity contribution < 1.29 is 18.7 Å². The zero-order chi connectivity index (χ0) is 22.4. The minimum absolute atomic E-state index is 0.188. The Labute approximate surface area is 181 Å². The van der Waals surface area contributed by atoms with Crippen molar-refractivity contribution in [1.82, 2.24) is 4.57 Å². The summed E-state index contributed by atoms with van der Waals surface area (Å²) in [5, 5.41) is 2.56. The normalized spacial score (nSPS) is 12.1. The molecule has 3 rings (SSSR count). The van der Waals surface area contributed by atoms with E-state index in [1.807, 2.05) is 31.2 Å². The van der Waals surface area contributed by atoms with Gasteiger partial charge in [-0.15, -0.1) is 11.3 Å². The Balaban J connectivity index is 2.00. The molecule has 1 aromatic heterocycles. The maximum absolute atomic E-state index is 13.4. The van der Waals surface area contributed by atoms with E-state index in [2.05, 4.69) is 5.32 Å². The predicted molar refractivity (Wildman–Crippen MR) is 119 cm³/mol. The molecule has 0 bridgehead atoms. The van der Waals surface area contributed by atoms with Crippen LogP contribution in [0.3, 0.4) is 0 Å². The SMILES string of the molecule is CCOC(=O)/C=c1\s/c(=C\c2cccc(C)c2)c(=O)n1CC(=O)Nc1cccc(F)c1. The van der Waals surface area contributed by atoms with E-state index in [4.69, 9.17) is 4.74 Å². The second kappa shape index (κ2) is 9.99. The maximum Gasteiger partial charge on any atom is 0.333 e. The Bertz CT molecular complexity index is 1290. The molecule has 0 saturated carbocycles. The van der Waals surface area contributed by atoms with E-state index in [0.717, 1.165) is 22.5 Å². The number of carbonyl (C=O) groups excluding carboxylic acids is 2. The highest BCUT2D eigenvalue weighted by molar-refractivity contribution is 7.07. The largest absolute Gasteiger partial charge is 0.463 e. The Morgan fingerprint density at radius 3 is 2.68 bits per heavy atom. The third-order valence-corrected chi connectivity index (χ3v) is 5.27. The Morgan fingerprint density at radius 1 is 1.19 bits per heavy atom. The number of halogens is 1. The predicted octanol–water partition coefficient (Wildman–Crippen LogP) is 2.17. The first-order chi connectivity index (χ1) is 14.9. The molecule has 0 radical (unpaired) electrons. The van der Waals surface area contributed by atoms with Crippen molar-refractivity contribution >= 4 is 41.1 Å². The standard InChI is InChI=1S/C23H21FN2O4S/c1-3-30-22(28)13-21-26(14-20(27)25-18-9-5-8-17(24)12-18)23(29)19(31-21)11-16-7-4-6-15(2)10-16/h4-13H,3,14H2,1-2H3,(H,25,27)/b19-11-,21-13-. The minimum Gasteiger partial charge on any atom is -0.463 e. The van der Waals surface area contributed by atoms with E-state index in [0.29, 0.717) is 4.53 Å². The van der Waals surface area contributed by atoms with Gasteiger partial charge in [-0.05, 0) is 43.7 Å². The molecule has 160 valence electrons. The third-order valence-electron chi connectivity index (χ3n) is 4.21. The number of amides is 1. The molecule has 0 saturated heterocycles. The summed E-state index contributed by atoms with van der Waals surface area (Å²) < 4.78 is 20.2. The molecule has 0 atom stereocenters. The van der Waals surface area contributed by atoms with Crippen LogP contribution in [-0.4, -0.2) is 23.1 Å². The van der Waals surface area contributed by atoms with Gasteiger partial charge in [0.1, 0.15) is 17.0 Å². The Hall–Kier alpha value is -3.52. The molecule has 0 aliphatic carbocycles. The topological polar surface area (TPSA) is 77.4 Å². The number of hydrogen-bond donors (Lipinski definition) is 1. The average molecular weight is 440 g/mol. The van der Waals surface area contributed by atoms with Crippen molar-refractivity contribution in [2.24, 2.45) is 0 Å². The second-order valence-corrected chi connectivity index (χ2v) is 7.77. The molecule has 6 nitrogen and oxygen atoms in total.